The lowest BCUT2D eigenvalue weighted by Crippen LogP contribution is -2.38. The van der Waals surface area contributed by atoms with E-state index < -0.39 is 0 Å². The van der Waals surface area contributed by atoms with Crippen LogP contribution in [-0.2, 0) is 17.6 Å². The molecule has 1 aliphatic carbocycles. The highest BCUT2D eigenvalue weighted by Crippen LogP contribution is 2.23. The van der Waals surface area contributed by atoms with Crippen molar-refractivity contribution in [2.75, 3.05) is 7.11 Å². The molecule has 6 heteroatoms. The number of rotatable bonds is 6. The summed E-state index contributed by atoms with van der Waals surface area (Å²) in [5.74, 6) is 0.857. The molecule has 1 amide bonds. The fraction of sp³-hybridized carbons (Fsp3) is 0.524. The summed E-state index contributed by atoms with van der Waals surface area (Å²) in [6.45, 7) is 4.18. The number of nitrogens with one attached hydrogen (secondary N) is 2. The molecule has 1 heterocycles. The van der Waals surface area contributed by atoms with Crippen LogP contribution in [0, 0.1) is 5.92 Å². The number of hydrogen-bond donors (Lipinski definition) is 2. The number of benzene rings is 1. The molecule has 1 atom stereocenters. The number of hydrogen-bond acceptors (Lipinski definition) is 3. The van der Waals surface area contributed by atoms with Crippen LogP contribution in [0.15, 0.2) is 29.1 Å². The number of fused-ring (bicyclic) bond motifs is 1. The van der Waals surface area contributed by atoms with Crippen LogP contribution < -0.4 is 15.6 Å². The Morgan fingerprint density at radius 1 is 1.22 bits per heavy atom. The van der Waals surface area contributed by atoms with Crippen molar-refractivity contribution >= 4 is 5.91 Å². The third-order valence-electron chi connectivity index (χ3n) is 5.59. The summed E-state index contributed by atoms with van der Waals surface area (Å²) in [6, 6.07) is 7.65. The highest BCUT2D eigenvalue weighted by molar-refractivity contribution is 5.79. The SMILES string of the molecule is CCC(CC)NC(=O)C1CCc2[nH]n(-c3ccc(OC)cc3)c(=O)c2CC1. The molecule has 1 unspecified atom stereocenters. The highest BCUT2D eigenvalue weighted by atomic mass is 16.5. The number of carbonyl (C=O) groups is 1. The summed E-state index contributed by atoms with van der Waals surface area (Å²) in [6.07, 6.45) is 4.72. The van der Waals surface area contributed by atoms with Gasteiger partial charge in [-0.25, -0.2) is 4.68 Å². The first-order valence-electron chi connectivity index (χ1n) is 9.84. The molecule has 27 heavy (non-hydrogen) atoms. The number of amides is 1. The predicted molar refractivity (Wildman–Crippen MR) is 106 cm³/mol. The van der Waals surface area contributed by atoms with E-state index in [-0.39, 0.29) is 23.4 Å². The van der Waals surface area contributed by atoms with Gasteiger partial charge < -0.3 is 10.1 Å². The minimum Gasteiger partial charge on any atom is -0.497 e. The van der Waals surface area contributed by atoms with Gasteiger partial charge in [0.2, 0.25) is 5.91 Å². The molecule has 0 bridgehead atoms. The van der Waals surface area contributed by atoms with E-state index in [9.17, 15) is 9.59 Å². The Morgan fingerprint density at radius 3 is 2.52 bits per heavy atom. The summed E-state index contributed by atoms with van der Waals surface area (Å²) in [7, 11) is 1.62. The molecule has 3 rings (SSSR count). The molecule has 1 aromatic heterocycles. The van der Waals surface area contributed by atoms with Crippen molar-refractivity contribution in [1.82, 2.24) is 15.1 Å². The molecule has 6 nitrogen and oxygen atoms in total. The standard InChI is InChI=1S/C21H29N3O3/c1-4-15(5-2)22-20(25)14-6-12-18-19(13-7-14)23-24(21(18)26)16-8-10-17(27-3)11-9-16/h8-11,14-15,23H,4-7,12-13H2,1-3H3,(H,22,25). The van der Waals surface area contributed by atoms with E-state index in [0.717, 1.165) is 42.0 Å². The second-order valence-corrected chi connectivity index (χ2v) is 7.20. The maximum Gasteiger partial charge on any atom is 0.274 e. The molecule has 1 aromatic carbocycles. The lowest BCUT2D eigenvalue weighted by molar-refractivity contribution is -0.126. The minimum absolute atomic E-state index is 0.0174. The first-order chi connectivity index (χ1) is 13.1. The van der Waals surface area contributed by atoms with Gasteiger partial charge in [-0.15, -0.1) is 0 Å². The molecule has 0 saturated heterocycles. The number of aromatic nitrogens is 2. The lowest BCUT2D eigenvalue weighted by Gasteiger charge is -2.19. The number of H-pyrrole nitrogens is 1. The minimum atomic E-state index is -0.0276. The number of carbonyl (C=O) groups excluding carboxylic acids is 1. The van der Waals surface area contributed by atoms with E-state index in [0.29, 0.717) is 19.3 Å². The predicted octanol–water partition coefficient (Wildman–Crippen LogP) is 2.97. The normalized spacial score (nSPS) is 16.7. The fourth-order valence-electron chi connectivity index (χ4n) is 3.75. The fourth-order valence-corrected chi connectivity index (χ4v) is 3.75. The molecule has 0 saturated carbocycles. The molecule has 0 aliphatic heterocycles. The summed E-state index contributed by atoms with van der Waals surface area (Å²) in [4.78, 5) is 25.4. The molecule has 0 spiro atoms. The van der Waals surface area contributed by atoms with Crippen LogP contribution in [0.2, 0.25) is 0 Å². The first-order valence-corrected chi connectivity index (χ1v) is 9.84. The Hall–Kier alpha value is -2.50. The second kappa shape index (κ2) is 8.46. The zero-order chi connectivity index (χ0) is 19.4. The van der Waals surface area contributed by atoms with Gasteiger partial charge in [-0.1, -0.05) is 13.8 Å². The zero-order valence-electron chi connectivity index (χ0n) is 16.4. The molecule has 2 aromatic rings. The van der Waals surface area contributed by atoms with Gasteiger partial charge in [0, 0.05) is 23.2 Å². The Kier molecular flexibility index (Phi) is 6.04. The van der Waals surface area contributed by atoms with Crippen molar-refractivity contribution in [2.45, 2.75) is 58.4 Å². The zero-order valence-corrected chi connectivity index (χ0v) is 16.4. The van der Waals surface area contributed by atoms with Gasteiger partial charge in [-0.2, -0.15) is 0 Å². The Balaban J connectivity index is 1.74. The lowest BCUT2D eigenvalue weighted by atomic mass is 9.98. The Morgan fingerprint density at radius 2 is 1.89 bits per heavy atom. The van der Waals surface area contributed by atoms with Crippen LogP contribution in [0.5, 0.6) is 5.75 Å². The molecular weight excluding hydrogens is 342 g/mol. The van der Waals surface area contributed by atoms with E-state index in [4.69, 9.17) is 4.74 Å². The van der Waals surface area contributed by atoms with Crippen molar-refractivity contribution in [2.24, 2.45) is 5.92 Å². The van der Waals surface area contributed by atoms with Gasteiger partial charge in [-0.3, -0.25) is 14.7 Å². The summed E-state index contributed by atoms with van der Waals surface area (Å²) in [5.41, 5.74) is 2.53. The van der Waals surface area contributed by atoms with Crippen LogP contribution in [0.4, 0.5) is 0 Å². The first kappa shape index (κ1) is 19.3. The van der Waals surface area contributed by atoms with Crippen molar-refractivity contribution < 1.29 is 9.53 Å². The number of methoxy groups -OCH3 is 1. The van der Waals surface area contributed by atoms with Crippen LogP contribution in [-0.4, -0.2) is 28.8 Å². The van der Waals surface area contributed by atoms with Gasteiger partial charge in [0.05, 0.1) is 12.8 Å². The summed E-state index contributed by atoms with van der Waals surface area (Å²) >= 11 is 0. The van der Waals surface area contributed by atoms with Crippen molar-refractivity contribution in [3.63, 3.8) is 0 Å². The number of nitrogens with zero attached hydrogens (tertiary/aromatic N) is 1. The highest BCUT2D eigenvalue weighted by Gasteiger charge is 2.26. The number of ether oxygens (including phenoxy) is 1. The Bertz CT molecular complexity index is 831. The van der Waals surface area contributed by atoms with Gasteiger partial charge in [0.1, 0.15) is 5.75 Å². The van der Waals surface area contributed by atoms with Gasteiger partial charge in [0.15, 0.2) is 0 Å². The number of aromatic amines is 1. The van der Waals surface area contributed by atoms with E-state index in [2.05, 4.69) is 24.3 Å². The van der Waals surface area contributed by atoms with Crippen LogP contribution in [0.3, 0.4) is 0 Å². The monoisotopic (exact) mass is 371 g/mol. The van der Waals surface area contributed by atoms with Gasteiger partial charge in [-0.05, 0) is 62.8 Å². The van der Waals surface area contributed by atoms with Gasteiger partial charge in [0.25, 0.3) is 5.56 Å². The van der Waals surface area contributed by atoms with E-state index in [1.54, 1.807) is 11.8 Å². The largest absolute Gasteiger partial charge is 0.497 e. The summed E-state index contributed by atoms with van der Waals surface area (Å²) in [5, 5.41) is 6.40. The van der Waals surface area contributed by atoms with E-state index in [1.165, 1.54) is 0 Å². The van der Waals surface area contributed by atoms with Crippen molar-refractivity contribution in [1.29, 1.82) is 0 Å². The molecule has 0 radical (unpaired) electrons. The molecule has 1 aliphatic rings. The third kappa shape index (κ3) is 4.10. The summed E-state index contributed by atoms with van der Waals surface area (Å²) < 4.78 is 6.77. The van der Waals surface area contributed by atoms with Crippen LogP contribution >= 0.6 is 0 Å². The second-order valence-electron chi connectivity index (χ2n) is 7.20. The Labute approximate surface area is 159 Å². The van der Waals surface area contributed by atoms with E-state index >= 15 is 0 Å². The topological polar surface area (TPSA) is 76.1 Å². The van der Waals surface area contributed by atoms with E-state index in [1.807, 2.05) is 24.3 Å². The molecular formula is C21H29N3O3. The van der Waals surface area contributed by atoms with Crippen molar-refractivity contribution in [3.05, 3.63) is 45.9 Å². The van der Waals surface area contributed by atoms with Gasteiger partial charge >= 0.3 is 0 Å². The quantitative estimate of drug-likeness (QED) is 0.767. The molecule has 146 valence electrons. The third-order valence-corrected chi connectivity index (χ3v) is 5.59. The van der Waals surface area contributed by atoms with Crippen LogP contribution in [0.25, 0.3) is 5.69 Å². The maximum absolute atomic E-state index is 12.9. The molecule has 2 N–H and O–H groups in total. The number of aryl methyl sites for hydroxylation is 1. The smallest absolute Gasteiger partial charge is 0.274 e. The maximum atomic E-state index is 12.9. The molecule has 0 fully saturated rings. The van der Waals surface area contributed by atoms with Crippen molar-refractivity contribution in [3.8, 4) is 11.4 Å². The van der Waals surface area contributed by atoms with Crippen LogP contribution in [0.1, 0.15) is 50.8 Å². The average Bonchev–Trinajstić information content (AvgIpc) is 2.88. The average molecular weight is 371 g/mol.